The topological polar surface area (TPSA) is 80.8 Å². The molecule has 1 aliphatic rings. The van der Waals surface area contributed by atoms with E-state index in [9.17, 15) is 5.11 Å². The number of likely N-dealkylation sites (N-methyl/N-ethyl adjacent to an activating group) is 1. The maximum absolute atomic E-state index is 10.5. The third kappa shape index (κ3) is 3.27. The van der Waals surface area contributed by atoms with Crippen molar-refractivity contribution in [2.45, 2.75) is 18.4 Å². The van der Waals surface area contributed by atoms with E-state index in [0.717, 1.165) is 5.82 Å². The highest BCUT2D eigenvalue weighted by atomic mass is 16.5. The Kier molecular flexibility index (Phi) is 4.11. The SMILES string of the molecule is COc1nc(N(C)CC2(O)CCOCC2)ccc1N. The fourth-order valence-corrected chi connectivity index (χ4v) is 2.25. The second-order valence-corrected chi connectivity index (χ2v) is 4.96. The van der Waals surface area contributed by atoms with Gasteiger partial charge in [-0.15, -0.1) is 0 Å². The van der Waals surface area contributed by atoms with Gasteiger partial charge < -0.3 is 25.2 Å². The van der Waals surface area contributed by atoms with Crippen LogP contribution in [0.15, 0.2) is 12.1 Å². The van der Waals surface area contributed by atoms with Crippen LogP contribution in [0.4, 0.5) is 11.5 Å². The molecule has 1 aromatic heterocycles. The van der Waals surface area contributed by atoms with Gasteiger partial charge in [0.1, 0.15) is 5.82 Å². The largest absolute Gasteiger partial charge is 0.479 e. The molecule has 0 radical (unpaired) electrons. The fraction of sp³-hybridized carbons (Fsp3) is 0.615. The summed E-state index contributed by atoms with van der Waals surface area (Å²) in [7, 11) is 3.43. The molecule has 0 amide bonds. The van der Waals surface area contributed by atoms with Gasteiger partial charge in [0.25, 0.3) is 0 Å². The average molecular weight is 267 g/mol. The summed E-state index contributed by atoms with van der Waals surface area (Å²) in [5.41, 5.74) is 5.52. The quantitative estimate of drug-likeness (QED) is 0.833. The molecule has 1 aliphatic heterocycles. The molecule has 6 heteroatoms. The highest BCUT2D eigenvalue weighted by molar-refractivity contribution is 5.54. The van der Waals surface area contributed by atoms with Crippen molar-refractivity contribution < 1.29 is 14.6 Å². The molecule has 0 saturated carbocycles. The summed E-state index contributed by atoms with van der Waals surface area (Å²) >= 11 is 0. The Bertz CT molecular complexity index is 433. The smallest absolute Gasteiger partial charge is 0.238 e. The number of ether oxygens (including phenoxy) is 2. The van der Waals surface area contributed by atoms with Crippen molar-refractivity contribution in [3.8, 4) is 5.88 Å². The van der Waals surface area contributed by atoms with Crippen molar-refractivity contribution in [2.24, 2.45) is 0 Å². The third-order valence-corrected chi connectivity index (χ3v) is 3.41. The number of nitrogens with two attached hydrogens (primary N) is 1. The van der Waals surface area contributed by atoms with Crippen LogP contribution in [-0.2, 0) is 4.74 Å². The maximum atomic E-state index is 10.5. The molecule has 0 atom stereocenters. The van der Waals surface area contributed by atoms with Gasteiger partial charge in [-0.2, -0.15) is 4.98 Å². The lowest BCUT2D eigenvalue weighted by molar-refractivity contribution is -0.0573. The second kappa shape index (κ2) is 5.63. The van der Waals surface area contributed by atoms with E-state index in [-0.39, 0.29) is 0 Å². The number of nitrogen functional groups attached to an aromatic ring is 1. The van der Waals surface area contributed by atoms with Gasteiger partial charge in [-0.1, -0.05) is 0 Å². The normalized spacial score (nSPS) is 18.1. The van der Waals surface area contributed by atoms with Gasteiger partial charge >= 0.3 is 0 Å². The maximum Gasteiger partial charge on any atom is 0.238 e. The molecule has 106 valence electrons. The minimum atomic E-state index is -0.719. The Morgan fingerprint density at radius 1 is 1.47 bits per heavy atom. The molecule has 0 spiro atoms. The second-order valence-electron chi connectivity index (χ2n) is 4.96. The molecular weight excluding hydrogens is 246 g/mol. The molecule has 19 heavy (non-hydrogen) atoms. The van der Waals surface area contributed by atoms with Crippen LogP contribution < -0.4 is 15.4 Å². The van der Waals surface area contributed by atoms with Gasteiger partial charge in [-0.25, -0.2) is 0 Å². The summed E-state index contributed by atoms with van der Waals surface area (Å²) < 4.78 is 10.4. The van der Waals surface area contributed by atoms with Crippen LogP contribution in [0.3, 0.4) is 0 Å². The highest BCUT2D eigenvalue weighted by Crippen LogP contribution is 2.26. The Hall–Kier alpha value is -1.53. The first-order chi connectivity index (χ1) is 9.04. The number of pyridine rings is 1. The van der Waals surface area contributed by atoms with Crippen molar-refractivity contribution in [3.63, 3.8) is 0 Å². The number of hydrogen-bond donors (Lipinski definition) is 2. The molecule has 0 bridgehead atoms. The van der Waals surface area contributed by atoms with Gasteiger partial charge in [0.15, 0.2) is 0 Å². The molecule has 2 heterocycles. The van der Waals surface area contributed by atoms with Crippen LogP contribution in [0.2, 0.25) is 0 Å². The summed E-state index contributed by atoms with van der Waals surface area (Å²) in [5.74, 6) is 1.13. The fourth-order valence-electron chi connectivity index (χ4n) is 2.25. The first-order valence-electron chi connectivity index (χ1n) is 6.36. The molecule has 3 N–H and O–H groups in total. The average Bonchev–Trinajstić information content (AvgIpc) is 2.39. The van der Waals surface area contributed by atoms with Crippen LogP contribution in [0.25, 0.3) is 0 Å². The Labute approximate surface area is 113 Å². The Balaban J connectivity index is 2.08. The number of anilines is 2. The van der Waals surface area contributed by atoms with E-state index >= 15 is 0 Å². The molecule has 1 fully saturated rings. The molecule has 0 unspecified atom stereocenters. The zero-order valence-corrected chi connectivity index (χ0v) is 11.4. The van der Waals surface area contributed by atoms with Crippen LogP contribution >= 0.6 is 0 Å². The number of methoxy groups -OCH3 is 1. The zero-order valence-electron chi connectivity index (χ0n) is 11.4. The summed E-state index contributed by atoms with van der Waals surface area (Å²) in [4.78, 5) is 6.23. The number of aromatic nitrogens is 1. The van der Waals surface area contributed by atoms with E-state index in [1.54, 1.807) is 6.07 Å². The lowest BCUT2D eigenvalue weighted by Gasteiger charge is -2.35. The van der Waals surface area contributed by atoms with Gasteiger partial charge in [-0.05, 0) is 12.1 Å². The number of nitrogens with zero attached hydrogens (tertiary/aromatic N) is 2. The minimum Gasteiger partial charge on any atom is -0.479 e. The predicted molar refractivity (Wildman–Crippen MR) is 73.5 cm³/mol. The van der Waals surface area contributed by atoms with Gasteiger partial charge in [0, 0.05) is 39.6 Å². The molecule has 0 aromatic carbocycles. The van der Waals surface area contributed by atoms with E-state index in [0.29, 0.717) is 44.2 Å². The summed E-state index contributed by atoms with van der Waals surface area (Å²) in [6.45, 7) is 1.71. The van der Waals surface area contributed by atoms with E-state index in [1.807, 2.05) is 18.0 Å². The molecule has 1 aromatic rings. The first-order valence-corrected chi connectivity index (χ1v) is 6.36. The summed E-state index contributed by atoms with van der Waals surface area (Å²) in [6.07, 6.45) is 1.28. The Morgan fingerprint density at radius 2 is 2.16 bits per heavy atom. The van der Waals surface area contributed by atoms with Crippen LogP contribution in [0, 0.1) is 0 Å². The summed E-state index contributed by atoms with van der Waals surface area (Å²) in [6, 6.07) is 3.58. The standard InChI is InChI=1S/C13H21N3O3/c1-16(9-13(17)5-7-19-8-6-13)11-4-3-10(14)12(15-11)18-2/h3-4,17H,5-9,14H2,1-2H3. The molecule has 0 aliphatic carbocycles. The molecule has 2 rings (SSSR count). The molecular formula is C13H21N3O3. The lowest BCUT2D eigenvalue weighted by Crippen LogP contribution is -2.46. The van der Waals surface area contributed by atoms with Gasteiger partial charge in [0.05, 0.1) is 18.4 Å². The van der Waals surface area contributed by atoms with Crippen LogP contribution in [0.1, 0.15) is 12.8 Å². The van der Waals surface area contributed by atoms with Crippen LogP contribution in [-0.4, -0.2) is 49.6 Å². The Morgan fingerprint density at radius 3 is 2.79 bits per heavy atom. The number of hydrogen-bond acceptors (Lipinski definition) is 6. The molecule has 6 nitrogen and oxygen atoms in total. The monoisotopic (exact) mass is 267 g/mol. The van der Waals surface area contributed by atoms with Crippen molar-refractivity contribution in [1.29, 1.82) is 0 Å². The summed E-state index contributed by atoms with van der Waals surface area (Å²) in [5, 5.41) is 10.5. The predicted octanol–water partition coefficient (Wildman–Crippen LogP) is 0.650. The minimum absolute atomic E-state index is 0.406. The number of aliphatic hydroxyl groups is 1. The van der Waals surface area contributed by atoms with Gasteiger partial charge in [0.2, 0.25) is 5.88 Å². The van der Waals surface area contributed by atoms with E-state index in [4.69, 9.17) is 15.2 Å². The van der Waals surface area contributed by atoms with E-state index < -0.39 is 5.60 Å². The van der Waals surface area contributed by atoms with E-state index in [1.165, 1.54) is 7.11 Å². The van der Waals surface area contributed by atoms with E-state index in [2.05, 4.69) is 4.98 Å². The van der Waals surface area contributed by atoms with Gasteiger partial charge in [-0.3, -0.25) is 0 Å². The zero-order chi connectivity index (χ0) is 13.9. The van der Waals surface area contributed by atoms with Crippen molar-refractivity contribution in [3.05, 3.63) is 12.1 Å². The van der Waals surface area contributed by atoms with Crippen molar-refractivity contribution >= 4 is 11.5 Å². The lowest BCUT2D eigenvalue weighted by atomic mass is 9.94. The van der Waals surface area contributed by atoms with Crippen molar-refractivity contribution in [1.82, 2.24) is 4.98 Å². The third-order valence-electron chi connectivity index (χ3n) is 3.41. The highest BCUT2D eigenvalue weighted by Gasteiger charge is 2.31. The van der Waals surface area contributed by atoms with Crippen LogP contribution in [0.5, 0.6) is 5.88 Å². The first kappa shape index (κ1) is 13.9. The van der Waals surface area contributed by atoms with Crippen molar-refractivity contribution in [2.75, 3.05) is 44.5 Å². The number of rotatable bonds is 4. The molecule has 1 saturated heterocycles.